The van der Waals surface area contributed by atoms with Crippen molar-refractivity contribution in [3.8, 4) is 5.75 Å². The van der Waals surface area contributed by atoms with Crippen LogP contribution >= 0.6 is 0 Å². The highest BCUT2D eigenvalue weighted by Gasteiger charge is 2.38. The first-order valence-corrected chi connectivity index (χ1v) is 15.8. The monoisotopic (exact) mass is 644 g/mol. The summed E-state index contributed by atoms with van der Waals surface area (Å²) in [6, 6.07) is 8.98. The number of primary amides is 1. The number of amides is 3. The van der Waals surface area contributed by atoms with Crippen LogP contribution in [0.5, 0.6) is 5.75 Å². The Bertz CT molecular complexity index is 1730. The van der Waals surface area contributed by atoms with Crippen molar-refractivity contribution < 1.29 is 41.4 Å². The summed E-state index contributed by atoms with van der Waals surface area (Å²) >= 11 is 0. The Morgan fingerprint density at radius 2 is 1.78 bits per heavy atom. The number of benzene rings is 3. The van der Waals surface area contributed by atoms with Gasteiger partial charge in [-0.05, 0) is 93.3 Å². The normalized spacial score (nSPS) is 15.5. The number of halogens is 2. The molecular formula is C31H34F2N4O7S. The van der Waals surface area contributed by atoms with Crippen LogP contribution in [0.4, 0.5) is 25.0 Å². The van der Waals surface area contributed by atoms with Gasteiger partial charge in [0.15, 0.2) is 21.4 Å². The molecule has 5 N–H and O–H groups in total. The first-order chi connectivity index (χ1) is 21.2. The molecule has 2 atom stereocenters. The number of anilines is 2. The van der Waals surface area contributed by atoms with Crippen LogP contribution in [0.3, 0.4) is 0 Å². The van der Waals surface area contributed by atoms with E-state index in [0.29, 0.717) is 12.8 Å². The van der Waals surface area contributed by atoms with E-state index in [4.69, 9.17) is 10.5 Å². The lowest BCUT2D eigenvalue weighted by atomic mass is 10.0. The van der Waals surface area contributed by atoms with E-state index in [-0.39, 0.29) is 51.9 Å². The Morgan fingerprint density at radius 1 is 1.07 bits per heavy atom. The fraction of sp³-hybridized carbons (Fsp3) is 0.323. The molecule has 0 spiro atoms. The van der Waals surface area contributed by atoms with Gasteiger partial charge in [0.25, 0.3) is 0 Å². The zero-order valence-electron chi connectivity index (χ0n) is 24.8. The molecule has 14 heteroatoms. The SMILES string of the molecule is CCOc1cc(C(Nc2cc(C(N)=O)ccc2F)C(=O)N2CCCC2c2cc(NC(=O)O)ccc2S(=O)(=O)C(C)C)ccc1F. The Hall–Kier alpha value is -4.72. The number of carboxylic acid groups (broad SMARTS) is 1. The number of nitrogens with zero attached hydrogens (tertiary/aromatic N) is 1. The summed E-state index contributed by atoms with van der Waals surface area (Å²) in [6.45, 7) is 4.99. The predicted molar refractivity (Wildman–Crippen MR) is 163 cm³/mol. The summed E-state index contributed by atoms with van der Waals surface area (Å²) in [5, 5.41) is 13.5. The van der Waals surface area contributed by atoms with Gasteiger partial charge < -0.3 is 25.8 Å². The largest absolute Gasteiger partial charge is 0.491 e. The highest BCUT2D eigenvalue weighted by Crippen LogP contribution is 2.40. The van der Waals surface area contributed by atoms with Gasteiger partial charge in [-0.15, -0.1) is 0 Å². The van der Waals surface area contributed by atoms with Gasteiger partial charge in [0.05, 0.1) is 28.5 Å². The van der Waals surface area contributed by atoms with Crippen LogP contribution in [0.1, 0.15) is 67.2 Å². The maximum atomic E-state index is 15.0. The number of nitrogens with one attached hydrogen (secondary N) is 2. The summed E-state index contributed by atoms with van der Waals surface area (Å²) in [7, 11) is -3.88. The number of carbonyl (C=O) groups excluding carboxylic acids is 2. The van der Waals surface area contributed by atoms with Crippen LogP contribution in [0, 0.1) is 11.6 Å². The third kappa shape index (κ3) is 7.17. The van der Waals surface area contributed by atoms with E-state index in [9.17, 15) is 32.3 Å². The topological polar surface area (TPSA) is 168 Å². The minimum Gasteiger partial charge on any atom is -0.491 e. The molecule has 3 aromatic rings. The molecule has 4 rings (SSSR count). The van der Waals surface area contributed by atoms with Crippen molar-refractivity contribution in [1.29, 1.82) is 0 Å². The van der Waals surface area contributed by atoms with Gasteiger partial charge in [0.1, 0.15) is 11.9 Å². The van der Waals surface area contributed by atoms with E-state index in [2.05, 4.69) is 10.6 Å². The molecule has 0 bridgehead atoms. The Kier molecular flexibility index (Phi) is 9.96. The summed E-state index contributed by atoms with van der Waals surface area (Å²) in [5.41, 5.74) is 5.67. The molecule has 1 aliphatic heterocycles. The van der Waals surface area contributed by atoms with Crippen molar-refractivity contribution in [1.82, 2.24) is 4.90 Å². The van der Waals surface area contributed by atoms with Crippen LogP contribution in [0.15, 0.2) is 59.5 Å². The van der Waals surface area contributed by atoms with Gasteiger partial charge in [-0.25, -0.2) is 22.0 Å². The van der Waals surface area contributed by atoms with Crippen molar-refractivity contribution >= 4 is 39.1 Å². The molecule has 0 saturated carbocycles. The minimum atomic E-state index is -3.88. The number of ether oxygens (including phenoxy) is 1. The zero-order chi connectivity index (χ0) is 33.1. The summed E-state index contributed by atoms with van der Waals surface area (Å²) in [6.07, 6.45) is -0.542. The molecule has 1 fully saturated rings. The molecule has 1 heterocycles. The lowest BCUT2D eigenvalue weighted by Crippen LogP contribution is -2.38. The number of hydrogen-bond donors (Lipinski definition) is 4. The van der Waals surface area contributed by atoms with E-state index >= 15 is 4.39 Å². The first-order valence-electron chi connectivity index (χ1n) is 14.2. The average molecular weight is 645 g/mol. The summed E-state index contributed by atoms with van der Waals surface area (Å²) in [4.78, 5) is 39.0. The number of carbonyl (C=O) groups is 3. The predicted octanol–water partition coefficient (Wildman–Crippen LogP) is 5.25. The molecule has 45 heavy (non-hydrogen) atoms. The van der Waals surface area contributed by atoms with Crippen LogP contribution < -0.4 is 21.1 Å². The van der Waals surface area contributed by atoms with E-state index in [1.807, 2.05) is 0 Å². The molecule has 3 amide bonds. The molecule has 0 aromatic heterocycles. The van der Waals surface area contributed by atoms with Crippen molar-refractivity contribution in [2.24, 2.45) is 5.73 Å². The molecule has 0 radical (unpaired) electrons. The summed E-state index contributed by atoms with van der Waals surface area (Å²) < 4.78 is 61.7. The Morgan fingerprint density at radius 3 is 2.42 bits per heavy atom. The zero-order valence-corrected chi connectivity index (χ0v) is 25.7. The smallest absolute Gasteiger partial charge is 0.409 e. The van der Waals surface area contributed by atoms with E-state index in [1.165, 1.54) is 55.1 Å². The quantitative estimate of drug-likeness (QED) is 0.219. The van der Waals surface area contributed by atoms with Crippen molar-refractivity contribution in [2.75, 3.05) is 23.8 Å². The van der Waals surface area contributed by atoms with E-state index in [0.717, 1.165) is 18.2 Å². The second-order valence-electron chi connectivity index (χ2n) is 10.7. The van der Waals surface area contributed by atoms with Crippen molar-refractivity contribution in [2.45, 2.75) is 55.8 Å². The highest BCUT2D eigenvalue weighted by atomic mass is 32.2. The fourth-order valence-corrected chi connectivity index (χ4v) is 6.53. The Balaban J connectivity index is 1.85. The number of likely N-dealkylation sites (tertiary alicyclic amines) is 1. The molecule has 240 valence electrons. The van der Waals surface area contributed by atoms with Crippen LogP contribution in [-0.2, 0) is 14.6 Å². The van der Waals surface area contributed by atoms with Gasteiger partial charge in [0.2, 0.25) is 11.8 Å². The third-order valence-corrected chi connectivity index (χ3v) is 9.70. The molecule has 11 nitrogen and oxygen atoms in total. The standard InChI is InChI=1S/C31H34F2N4O7S/c1-4-44-26-15-18(7-11-23(26)33)28(36-24-14-19(29(34)38)8-10-22(24)32)30(39)37-13-5-6-25(37)21-16-20(35-31(40)41)9-12-27(21)45(42,43)17(2)3/h7-12,14-17,25,28,35-36H,4-6,13H2,1-3H3,(H2,34,38)(H,40,41). The van der Waals surface area contributed by atoms with Gasteiger partial charge >= 0.3 is 6.09 Å². The molecule has 1 saturated heterocycles. The van der Waals surface area contributed by atoms with E-state index in [1.54, 1.807) is 6.92 Å². The molecular weight excluding hydrogens is 610 g/mol. The maximum absolute atomic E-state index is 15.0. The van der Waals surface area contributed by atoms with Crippen LogP contribution in [-0.4, -0.2) is 54.7 Å². The molecule has 3 aromatic carbocycles. The average Bonchev–Trinajstić information content (AvgIpc) is 3.47. The molecule has 2 unspecified atom stereocenters. The number of hydrogen-bond acceptors (Lipinski definition) is 7. The van der Waals surface area contributed by atoms with Gasteiger partial charge in [-0.2, -0.15) is 0 Å². The fourth-order valence-electron chi connectivity index (χ4n) is 5.24. The minimum absolute atomic E-state index is 0.0236. The second kappa shape index (κ2) is 13.5. The van der Waals surface area contributed by atoms with Crippen molar-refractivity contribution in [3.63, 3.8) is 0 Å². The van der Waals surface area contributed by atoms with Gasteiger partial charge in [0, 0.05) is 17.8 Å². The highest BCUT2D eigenvalue weighted by molar-refractivity contribution is 7.92. The van der Waals surface area contributed by atoms with E-state index < -0.39 is 56.7 Å². The number of sulfone groups is 1. The number of rotatable bonds is 11. The number of nitrogens with two attached hydrogens (primary N) is 1. The van der Waals surface area contributed by atoms with Crippen LogP contribution in [0.25, 0.3) is 0 Å². The first kappa shape index (κ1) is 33.2. The molecule has 0 aliphatic carbocycles. The summed E-state index contributed by atoms with van der Waals surface area (Å²) in [5.74, 6) is -3.05. The lowest BCUT2D eigenvalue weighted by Gasteiger charge is -2.32. The van der Waals surface area contributed by atoms with Gasteiger partial charge in [-0.3, -0.25) is 14.9 Å². The molecule has 1 aliphatic rings. The van der Waals surface area contributed by atoms with Crippen LogP contribution in [0.2, 0.25) is 0 Å². The van der Waals surface area contributed by atoms with Gasteiger partial charge in [-0.1, -0.05) is 6.07 Å². The Labute approximate surface area is 259 Å². The van der Waals surface area contributed by atoms with Crippen molar-refractivity contribution in [3.05, 3.63) is 82.9 Å². The lowest BCUT2D eigenvalue weighted by molar-refractivity contribution is -0.133. The third-order valence-electron chi connectivity index (χ3n) is 7.47. The second-order valence-corrected chi connectivity index (χ2v) is 13.2. The maximum Gasteiger partial charge on any atom is 0.409 e.